The van der Waals surface area contributed by atoms with Crippen molar-refractivity contribution in [3.63, 3.8) is 0 Å². The fourth-order valence-electron chi connectivity index (χ4n) is 1.40. The SMILES string of the molecule is N=C1C=CC=C2C(=O)NC(=N)[C@H]12. The van der Waals surface area contributed by atoms with E-state index in [1.807, 2.05) is 0 Å². The zero-order valence-electron chi connectivity index (χ0n) is 6.22. The summed E-state index contributed by atoms with van der Waals surface area (Å²) in [5.74, 6) is -0.581. The maximum absolute atomic E-state index is 11.1. The third-order valence-electron chi connectivity index (χ3n) is 1.97. The van der Waals surface area contributed by atoms with E-state index in [-0.39, 0.29) is 11.7 Å². The molecule has 1 aliphatic carbocycles. The summed E-state index contributed by atoms with van der Waals surface area (Å²) in [7, 11) is 0. The van der Waals surface area contributed by atoms with Crippen LogP contribution in [0.5, 0.6) is 0 Å². The molecule has 0 unspecified atom stereocenters. The molecule has 0 aromatic heterocycles. The summed E-state index contributed by atoms with van der Waals surface area (Å²) < 4.78 is 0. The van der Waals surface area contributed by atoms with Crippen molar-refractivity contribution < 1.29 is 4.79 Å². The summed E-state index contributed by atoms with van der Waals surface area (Å²) in [6, 6.07) is 0. The predicted molar refractivity (Wildman–Crippen MR) is 44.3 cm³/mol. The van der Waals surface area contributed by atoms with Gasteiger partial charge in [-0.3, -0.25) is 10.2 Å². The first-order valence-corrected chi connectivity index (χ1v) is 3.56. The van der Waals surface area contributed by atoms with E-state index in [4.69, 9.17) is 10.8 Å². The quantitative estimate of drug-likeness (QED) is 0.467. The molecule has 1 aliphatic heterocycles. The molecule has 3 N–H and O–H groups in total. The van der Waals surface area contributed by atoms with E-state index in [2.05, 4.69) is 5.32 Å². The Bertz CT molecular complexity index is 349. The minimum absolute atomic E-state index is 0.112. The van der Waals surface area contributed by atoms with Gasteiger partial charge in [-0.15, -0.1) is 0 Å². The van der Waals surface area contributed by atoms with Gasteiger partial charge in [0.05, 0.1) is 5.92 Å². The van der Waals surface area contributed by atoms with Gasteiger partial charge in [0.15, 0.2) is 0 Å². The van der Waals surface area contributed by atoms with Gasteiger partial charge in [-0.1, -0.05) is 12.2 Å². The largest absolute Gasteiger partial charge is 0.310 e. The summed E-state index contributed by atoms with van der Waals surface area (Å²) in [4.78, 5) is 11.1. The van der Waals surface area contributed by atoms with Crippen LogP contribution in [0, 0.1) is 16.7 Å². The van der Waals surface area contributed by atoms with Crippen molar-refractivity contribution in [3.05, 3.63) is 23.8 Å². The van der Waals surface area contributed by atoms with E-state index in [0.29, 0.717) is 11.3 Å². The number of allylic oxidation sites excluding steroid dienone is 3. The third kappa shape index (κ3) is 0.747. The molecule has 0 spiro atoms. The van der Waals surface area contributed by atoms with Gasteiger partial charge in [0.2, 0.25) is 0 Å². The fourth-order valence-corrected chi connectivity index (χ4v) is 1.40. The lowest BCUT2D eigenvalue weighted by atomic mass is 9.92. The van der Waals surface area contributed by atoms with Crippen LogP contribution in [0.15, 0.2) is 23.8 Å². The summed E-state index contributed by atoms with van der Waals surface area (Å²) in [5, 5.41) is 17.2. The van der Waals surface area contributed by atoms with E-state index in [1.54, 1.807) is 18.2 Å². The zero-order valence-corrected chi connectivity index (χ0v) is 6.22. The molecule has 0 saturated carbocycles. The highest BCUT2D eigenvalue weighted by molar-refractivity contribution is 6.27. The summed E-state index contributed by atoms with van der Waals surface area (Å²) in [6.07, 6.45) is 4.91. The predicted octanol–water partition coefficient (Wildman–Crippen LogP) is 0.226. The standard InChI is InChI=1S/C8H7N3O/c9-5-3-1-2-4-6(5)7(10)11-8(4)12/h1-3,6,9H,(H2,10,11,12)/t6-/m0/s1. The van der Waals surface area contributed by atoms with Crippen molar-refractivity contribution in [1.82, 2.24) is 5.32 Å². The molecule has 2 rings (SSSR count). The number of carbonyl (C=O) groups excluding carboxylic acids is 1. The number of rotatable bonds is 0. The number of amidine groups is 1. The van der Waals surface area contributed by atoms with Crippen molar-refractivity contribution in [2.75, 3.05) is 0 Å². The van der Waals surface area contributed by atoms with Crippen LogP contribution in [0.25, 0.3) is 0 Å². The van der Waals surface area contributed by atoms with E-state index >= 15 is 0 Å². The highest BCUT2D eigenvalue weighted by Crippen LogP contribution is 2.23. The number of hydrogen-bond donors (Lipinski definition) is 3. The van der Waals surface area contributed by atoms with Gasteiger partial charge >= 0.3 is 0 Å². The van der Waals surface area contributed by atoms with E-state index in [9.17, 15) is 4.79 Å². The Kier molecular flexibility index (Phi) is 1.24. The highest BCUT2D eigenvalue weighted by atomic mass is 16.2. The van der Waals surface area contributed by atoms with Gasteiger partial charge in [0.25, 0.3) is 5.91 Å². The highest BCUT2D eigenvalue weighted by Gasteiger charge is 2.36. The van der Waals surface area contributed by atoms with Gasteiger partial charge in [0, 0.05) is 11.3 Å². The van der Waals surface area contributed by atoms with Crippen LogP contribution in [-0.2, 0) is 4.79 Å². The summed E-state index contributed by atoms with van der Waals surface area (Å²) in [6.45, 7) is 0. The second-order valence-electron chi connectivity index (χ2n) is 2.74. The topological polar surface area (TPSA) is 76.8 Å². The Morgan fingerprint density at radius 3 is 2.83 bits per heavy atom. The minimum Gasteiger partial charge on any atom is -0.310 e. The van der Waals surface area contributed by atoms with Crippen molar-refractivity contribution in [3.8, 4) is 0 Å². The van der Waals surface area contributed by atoms with Gasteiger partial charge in [-0.25, -0.2) is 0 Å². The molecule has 0 aromatic carbocycles. The molecule has 1 amide bonds. The molecule has 1 saturated heterocycles. The number of carbonyl (C=O) groups is 1. The molecule has 1 fully saturated rings. The second kappa shape index (κ2) is 2.14. The molecule has 0 radical (unpaired) electrons. The molecule has 12 heavy (non-hydrogen) atoms. The van der Waals surface area contributed by atoms with Crippen molar-refractivity contribution in [2.24, 2.45) is 5.92 Å². The van der Waals surface area contributed by atoms with E-state index in [0.717, 1.165) is 0 Å². The molecule has 4 heteroatoms. The first kappa shape index (κ1) is 6.97. The monoisotopic (exact) mass is 161 g/mol. The Hall–Kier alpha value is -1.71. The van der Waals surface area contributed by atoms with Crippen LogP contribution < -0.4 is 5.32 Å². The molecule has 60 valence electrons. The van der Waals surface area contributed by atoms with Gasteiger partial charge in [-0.05, 0) is 6.08 Å². The lowest BCUT2D eigenvalue weighted by Gasteiger charge is -2.10. The molecular formula is C8H7N3O. The lowest BCUT2D eigenvalue weighted by Crippen LogP contribution is -2.24. The molecular weight excluding hydrogens is 154 g/mol. The Balaban J connectivity index is 2.51. The Morgan fingerprint density at radius 2 is 2.17 bits per heavy atom. The molecule has 0 aromatic rings. The number of fused-ring (bicyclic) bond motifs is 1. The fraction of sp³-hybridized carbons (Fsp3) is 0.125. The maximum Gasteiger partial charge on any atom is 0.253 e. The van der Waals surface area contributed by atoms with Crippen LogP contribution in [-0.4, -0.2) is 17.5 Å². The minimum atomic E-state index is -0.442. The molecule has 2 aliphatic rings. The van der Waals surface area contributed by atoms with Crippen LogP contribution in [0.4, 0.5) is 0 Å². The third-order valence-corrected chi connectivity index (χ3v) is 1.97. The van der Waals surface area contributed by atoms with Crippen LogP contribution >= 0.6 is 0 Å². The van der Waals surface area contributed by atoms with Crippen LogP contribution in [0.3, 0.4) is 0 Å². The average Bonchev–Trinajstić information content (AvgIpc) is 2.29. The molecule has 1 heterocycles. The second-order valence-corrected chi connectivity index (χ2v) is 2.74. The lowest BCUT2D eigenvalue weighted by molar-refractivity contribution is -0.115. The first-order valence-electron chi connectivity index (χ1n) is 3.56. The molecule has 4 nitrogen and oxygen atoms in total. The zero-order chi connectivity index (χ0) is 8.72. The van der Waals surface area contributed by atoms with Crippen molar-refractivity contribution >= 4 is 17.5 Å². The van der Waals surface area contributed by atoms with E-state index in [1.165, 1.54) is 0 Å². The average molecular weight is 161 g/mol. The van der Waals surface area contributed by atoms with Gasteiger partial charge < -0.3 is 10.7 Å². The first-order chi connectivity index (χ1) is 5.70. The van der Waals surface area contributed by atoms with Crippen LogP contribution in [0.1, 0.15) is 0 Å². The number of nitrogens with one attached hydrogen (secondary N) is 3. The van der Waals surface area contributed by atoms with Gasteiger partial charge in [0.1, 0.15) is 5.84 Å². The van der Waals surface area contributed by atoms with Crippen LogP contribution in [0.2, 0.25) is 0 Å². The molecule has 0 bridgehead atoms. The summed E-state index contributed by atoms with van der Waals surface area (Å²) >= 11 is 0. The summed E-state index contributed by atoms with van der Waals surface area (Å²) in [5.41, 5.74) is 0.809. The van der Waals surface area contributed by atoms with Crippen molar-refractivity contribution in [1.29, 1.82) is 10.8 Å². The normalized spacial score (nSPS) is 26.8. The molecule has 1 atom stereocenters. The van der Waals surface area contributed by atoms with Gasteiger partial charge in [-0.2, -0.15) is 0 Å². The Labute approximate surface area is 69.0 Å². The number of hydrogen-bond acceptors (Lipinski definition) is 3. The van der Waals surface area contributed by atoms with E-state index < -0.39 is 5.92 Å². The van der Waals surface area contributed by atoms with Crippen molar-refractivity contribution in [2.45, 2.75) is 0 Å². The number of amides is 1. The smallest absolute Gasteiger partial charge is 0.253 e. The Morgan fingerprint density at radius 1 is 1.42 bits per heavy atom. The maximum atomic E-state index is 11.1.